The van der Waals surface area contributed by atoms with Crippen molar-refractivity contribution in [3.8, 4) is 0 Å². The van der Waals surface area contributed by atoms with Gasteiger partial charge in [0.25, 0.3) is 0 Å². The second kappa shape index (κ2) is 5.39. The number of carbonyl (C=O) groups excluding carboxylic acids is 1. The van der Waals surface area contributed by atoms with E-state index in [4.69, 9.17) is 0 Å². The summed E-state index contributed by atoms with van der Waals surface area (Å²) >= 11 is 1.51. The number of hydrogen-bond acceptors (Lipinski definition) is 2. The summed E-state index contributed by atoms with van der Waals surface area (Å²) in [5, 5.41) is 0.370. The van der Waals surface area contributed by atoms with E-state index in [2.05, 4.69) is 40.7 Å². The molecule has 0 radical (unpaired) electrons. The number of carbonyl (C=O) groups is 1. The molecule has 16 heavy (non-hydrogen) atoms. The molecule has 0 aromatic rings. The van der Waals surface area contributed by atoms with Crippen LogP contribution in [-0.4, -0.2) is 10.9 Å². The minimum atomic E-state index is 0.216. The molecule has 0 amide bonds. The van der Waals surface area contributed by atoms with Gasteiger partial charge in [-0.3, -0.25) is 4.79 Å². The van der Waals surface area contributed by atoms with E-state index in [-0.39, 0.29) is 5.41 Å². The molecule has 0 fully saturated rings. The van der Waals surface area contributed by atoms with E-state index >= 15 is 0 Å². The normalized spacial score (nSPS) is 23.6. The van der Waals surface area contributed by atoms with Crippen LogP contribution in [0.4, 0.5) is 0 Å². The molecule has 0 N–H and O–H groups in total. The predicted octanol–water partition coefficient (Wildman–Crippen LogP) is 4.28. The monoisotopic (exact) mass is 240 g/mol. The molecule has 0 aliphatic heterocycles. The van der Waals surface area contributed by atoms with Gasteiger partial charge < -0.3 is 0 Å². The van der Waals surface area contributed by atoms with Gasteiger partial charge in [0, 0.05) is 12.2 Å². The lowest BCUT2D eigenvalue weighted by atomic mass is 9.76. The molecule has 0 aromatic heterocycles. The number of allylic oxidation sites excluding steroid dienone is 2. The van der Waals surface area contributed by atoms with Gasteiger partial charge >= 0.3 is 0 Å². The molecule has 1 rings (SSSR count). The van der Waals surface area contributed by atoms with Crippen LogP contribution < -0.4 is 0 Å². The Labute approximate surface area is 104 Å². The molecule has 92 valence electrons. The Morgan fingerprint density at radius 2 is 2.19 bits per heavy atom. The minimum Gasteiger partial charge on any atom is -0.287 e. The zero-order valence-corrected chi connectivity index (χ0v) is 12.0. The number of thioether (sulfide) groups is 1. The summed E-state index contributed by atoms with van der Waals surface area (Å²) in [6.07, 6.45) is 4.11. The first-order chi connectivity index (χ1) is 7.34. The van der Waals surface area contributed by atoms with Crippen LogP contribution in [0.2, 0.25) is 0 Å². The molecule has 2 heteroatoms. The molecule has 1 aliphatic carbocycles. The van der Waals surface area contributed by atoms with Crippen LogP contribution in [-0.2, 0) is 4.79 Å². The summed E-state index contributed by atoms with van der Waals surface area (Å²) in [6.45, 7) is 11.0. The lowest BCUT2D eigenvalue weighted by Gasteiger charge is -2.29. The van der Waals surface area contributed by atoms with Crippen molar-refractivity contribution in [2.24, 2.45) is 17.3 Å². The highest BCUT2D eigenvalue weighted by molar-refractivity contribution is 8.13. The molecule has 1 atom stereocenters. The van der Waals surface area contributed by atoms with Crippen LogP contribution in [0.1, 0.15) is 47.5 Å². The topological polar surface area (TPSA) is 17.1 Å². The third-order valence-corrected chi connectivity index (χ3v) is 5.06. The fourth-order valence-electron chi connectivity index (χ4n) is 2.06. The predicted molar refractivity (Wildman–Crippen MR) is 72.6 cm³/mol. The van der Waals surface area contributed by atoms with Crippen molar-refractivity contribution in [2.45, 2.75) is 47.5 Å². The first kappa shape index (κ1) is 13.8. The first-order valence-electron chi connectivity index (χ1n) is 6.17. The van der Waals surface area contributed by atoms with Gasteiger partial charge in [0.2, 0.25) is 0 Å². The molecule has 0 bridgehead atoms. The first-order valence-corrected chi connectivity index (χ1v) is 7.15. The third-order valence-electron chi connectivity index (χ3n) is 3.74. The largest absolute Gasteiger partial charge is 0.287 e. The van der Waals surface area contributed by atoms with Crippen LogP contribution >= 0.6 is 11.8 Å². The molecule has 0 heterocycles. The standard InChI is InChI=1S/C14H24OS/c1-10(2)9-16-13(15)8-12-7-6-11(3)14(12,4)5/h6,10,12H,7-9H2,1-5H3/t12-/m0/s1. The maximum atomic E-state index is 11.8. The zero-order valence-electron chi connectivity index (χ0n) is 11.2. The molecule has 1 aliphatic rings. The SMILES string of the molecule is CC1=CC[C@@H](CC(=O)SCC(C)C)C1(C)C. The second-order valence-corrected chi connectivity index (χ2v) is 6.90. The summed E-state index contributed by atoms with van der Waals surface area (Å²) in [5.74, 6) is 2.07. The Kier molecular flexibility index (Phi) is 4.66. The van der Waals surface area contributed by atoms with Crippen molar-refractivity contribution in [1.82, 2.24) is 0 Å². The molecule has 0 saturated heterocycles. The molecule has 0 saturated carbocycles. The van der Waals surface area contributed by atoms with Gasteiger partial charge in [-0.05, 0) is 30.6 Å². The van der Waals surface area contributed by atoms with Crippen LogP contribution in [0.5, 0.6) is 0 Å². The van der Waals surface area contributed by atoms with E-state index in [1.54, 1.807) is 0 Å². The van der Waals surface area contributed by atoms with E-state index in [0.717, 1.165) is 18.6 Å². The van der Waals surface area contributed by atoms with E-state index in [0.29, 0.717) is 17.0 Å². The number of hydrogen-bond donors (Lipinski definition) is 0. The molecular weight excluding hydrogens is 216 g/mol. The lowest BCUT2D eigenvalue weighted by Crippen LogP contribution is -2.22. The molecule has 0 aromatic carbocycles. The van der Waals surface area contributed by atoms with Gasteiger partial charge in [0.15, 0.2) is 5.12 Å². The van der Waals surface area contributed by atoms with Crippen molar-refractivity contribution in [3.05, 3.63) is 11.6 Å². The van der Waals surface area contributed by atoms with E-state index in [9.17, 15) is 4.79 Å². The summed E-state index contributed by atoms with van der Waals surface area (Å²) in [7, 11) is 0. The van der Waals surface area contributed by atoms with Crippen LogP contribution in [0.3, 0.4) is 0 Å². The summed E-state index contributed by atoms with van der Waals surface area (Å²) in [4.78, 5) is 11.8. The van der Waals surface area contributed by atoms with Gasteiger partial charge in [0.05, 0.1) is 0 Å². The van der Waals surface area contributed by atoms with Gasteiger partial charge in [-0.1, -0.05) is 51.1 Å². The van der Waals surface area contributed by atoms with Crippen molar-refractivity contribution in [2.75, 3.05) is 5.75 Å². The van der Waals surface area contributed by atoms with Gasteiger partial charge in [-0.15, -0.1) is 0 Å². The Bertz CT molecular complexity index is 289. The maximum Gasteiger partial charge on any atom is 0.189 e. The Morgan fingerprint density at radius 3 is 2.62 bits per heavy atom. The average molecular weight is 240 g/mol. The number of rotatable bonds is 4. The quantitative estimate of drug-likeness (QED) is 0.682. The van der Waals surface area contributed by atoms with Crippen molar-refractivity contribution in [3.63, 3.8) is 0 Å². The van der Waals surface area contributed by atoms with E-state index < -0.39 is 0 Å². The van der Waals surface area contributed by atoms with Crippen molar-refractivity contribution < 1.29 is 4.79 Å². The summed E-state index contributed by atoms with van der Waals surface area (Å²) in [6, 6.07) is 0. The second-order valence-electron chi connectivity index (χ2n) is 5.82. The third kappa shape index (κ3) is 3.38. The lowest BCUT2D eigenvalue weighted by molar-refractivity contribution is -0.112. The molecule has 0 unspecified atom stereocenters. The molecule has 0 spiro atoms. The van der Waals surface area contributed by atoms with E-state index in [1.165, 1.54) is 17.3 Å². The van der Waals surface area contributed by atoms with E-state index in [1.807, 2.05) is 0 Å². The highest BCUT2D eigenvalue weighted by atomic mass is 32.2. The smallest absolute Gasteiger partial charge is 0.189 e. The average Bonchev–Trinajstić information content (AvgIpc) is 2.42. The van der Waals surface area contributed by atoms with Gasteiger partial charge in [0.1, 0.15) is 0 Å². The summed E-state index contributed by atoms with van der Waals surface area (Å²) in [5.41, 5.74) is 1.66. The maximum absolute atomic E-state index is 11.8. The Morgan fingerprint density at radius 1 is 1.56 bits per heavy atom. The fourth-order valence-corrected chi connectivity index (χ4v) is 2.90. The minimum absolute atomic E-state index is 0.216. The molecule has 1 nitrogen and oxygen atoms in total. The van der Waals surface area contributed by atoms with Crippen molar-refractivity contribution >= 4 is 16.9 Å². The zero-order chi connectivity index (χ0) is 12.3. The Hall–Kier alpha value is -0.240. The highest BCUT2D eigenvalue weighted by Gasteiger charge is 2.35. The highest BCUT2D eigenvalue weighted by Crippen LogP contribution is 2.45. The summed E-state index contributed by atoms with van der Waals surface area (Å²) < 4.78 is 0. The van der Waals surface area contributed by atoms with Gasteiger partial charge in [-0.2, -0.15) is 0 Å². The van der Waals surface area contributed by atoms with Crippen molar-refractivity contribution in [1.29, 1.82) is 0 Å². The van der Waals surface area contributed by atoms with Gasteiger partial charge in [-0.25, -0.2) is 0 Å². The Balaban J connectivity index is 2.42. The van der Waals surface area contributed by atoms with Crippen LogP contribution in [0, 0.1) is 17.3 Å². The fraction of sp³-hybridized carbons (Fsp3) is 0.786. The van der Waals surface area contributed by atoms with Crippen LogP contribution in [0.15, 0.2) is 11.6 Å². The van der Waals surface area contributed by atoms with Crippen LogP contribution in [0.25, 0.3) is 0 Å². The molecular formula is C14H24OS.